The van der Waals surface area contributed by atoms with Gasteiger partial charge in [-0.3, -0.25) is 19.7 Å². The molecular formula is C20H21NO5. The topological polar surface area (TPSA) is 76.1 Å². The van der Waals surface area contributed by atoms with Crippen molar-refractivity contribution in [3.63, 3.8) is 0 Å². The van der Waals surface area contributed by atoms with Gasteiger partial charge in [-0.15, -0.1) is 5.06 Å². The monoisotopic (exact) mass is 355 g/mol. The van der Waals surface area contributed by atoms with Crippen LogP contribution in [0.3, 0.4) is 0 Å². The van der Waals surface area contributed by atoms with Crippen LogP contribution in [0.25, 0.3) is 0 Å². The van der Waals surface area contributed by atoms with Crippen molar-refractivity contribution >= 4 is 11.8 Å². The van der Waals surface area contributed by atoms with Crippen LogP contribution in [-0.4, -0.2) is 28.7 Å². The van der Waals surface area contributed by atoms with E-state index in [4.69, 9.17) is 4.84 Å². The lowest BCUT2D eigenvalue weighted by Crippen LogP contribution is -2.32. The highest BCUT2D eigenvalue weighted by Crippen LogP contribution is 2.27. The van der Waals surface area contributed by atoms with Gasteiger partial charge in [0.15, 0.2) is 0 Å². The van der Waals surface area contributed by atoms with Crippen LogP contribution in [0.4, 0.5) is 0 Å². The number of amides is 2. The second kappa shape index (κ2) is 6.99. The summed E-state index contributed by atoms with van der Waals surface area (Å²) in [5, 5.41) is 9.93. The van der Waals surface area contributed by atoms with Gasteiger partial charge in [-0.05, 0) is 28.7 Å². The molecule has 0 aliphatic carbocycles. The van der Waals surface area contributed by atoms with Crippen LogP contribution in [0.2, 0.25) is 0 Å². The molecule has 2 aromatic carbocycles. The number of rotatable bonds is 5. The molecule has 26 heavy (non-hydrogen) atoms. The molecule has 0 saturated heterocycles. The highest BCUT2D eigenvalue weighted by molar-refractivity contribution is 6.20. The molecule has 0 radical (unpaired) electrons. The minimum Gasteiger partial charge on any atom is -0.266 e. The molecule has 0 saturated carbocycles. The maximum absolute atomic E-state index is 12.3. The van der Waals surface area contributed by atoms with Crippen molar-refractivity contribution in [2.45, 2.75) is 32.3 Å². The summed E-state index contributed by atoms with van der Waals surface area (Å²) in [4.78, 5) is 34.4. The fourth-order valence-electron chi connectivity index (χ4n) is 2.81. The number of hydrogen-bond acceptors (Lipinski definition) is 5. The van der Waals surface area contributed by atoms with Crippen molar-refractivity contribution in [3.8, 4) is 0 Å². The summed E-state index contributed by atoms with van der Waals surface area (Å²) in [5.41, 5.74) is 2.42. The van der Waals surface area contributed by atoms with Crippen LogP contribution in [-0.2, 0) is 15.1 Å². The number of fused-ring (bicyclic) bond motifs is 1. The zero-order chi connectivity index (χ0) is 18.9. The van der Waals surface area contributed by atoms with Gasteiger partial charge in [-0.25, -0.2) is 4.89 Å². The number of carbonyl (C=O) groups is 2. The van der Waals surface area contributed by atoms with Gasteiger partial charge in [0.2, 0.25) is 0 Å². The third-order valence-electron chi connectivity index (χ3n) is 4.39. The molecule has 2 amide bonds. The molecule has 0 spiro atoms. The fraction of sp³-hybridized carbons (Fsp3) is 0.300. The predicted octanol–water partition coefficient (Wildman–Crippen LogP) is 3.74. The van der Waals surface area contributed by atoms with Crippen molar-refractivity contribution in [1.82, 2.24) is 5.06 Å². The van der Waals surface area contributed by atoms with Gasteiger partial charge in [-0.1, -0.05) is 57.2 Å². The van der Waals surface area contributed by atoms with E-state index in [1.54, 1.807) is 24.3 Å². The third kappa shape index (κ3) is 3.39. The predicted molar refractivity (Wildman–Crippen MR) is 94.5 cm³/mol. The number of benzene rings is 2. The Morgan fingerprint density at radius 2 is 1.50 bits per heavy atom. The summed E-state index contributed by atoms with van der Waals surface area (Å²) in [5.74, 6) is -1.05. The Balaban J connectivity index is 1.70. The summed E-state index contributed by atoms with van der Waals surface area (Å²) in [7, 11) is 0. The quantitative estimate of drug-likeness (QED) is 0.502. The van der Waals surface area contributed by atoms with E-state index >= 15 is 0 Å². The van der Waals surface area contributed by atoms with Crippen molar-refractivity contribution in [3.05, 3.63) is 70.8 Å². The Morgan fingerprint density at radius 1 is 0.962 bits per heavy atom. The molecule has 1 heterocycles. The molecule has 3 rings (SSSR count). The second-order valence-electron chi connectivity index (χ2n) is 7.21. The smallest absolute Gasteiger partial charge is 0.266 e. The van der Waals surface area contributed by atoms with E-state index in [-0.39, 0.29) is 12.0 Å². The zero-order valence-electron chi connectivity index (χ0n) is 14.9. The van der Waals surface area contributed by atoms with Gasteiger partial charge in [0.1, 0.15) is 12.7 Å². The van der Waals surface area contributed by atoms with E-state index in [1.807, 2.05) is 24.3 Å². The Labute approximate surface area is 151 Å². The minimum atomic E-state index is -0.826. The first kappa shape index (κ1) is 18.3. The van der Waals surface area contributed by atoms with E-state index in [2.05, 4.69) is 25.7 Å². The molecule has 0 bridgehead atoms. The van der Waals surface area contributed by atoms with E-state index in [1.165, 1.54) is 0 Å². The van der Waals surface area contributed by atoms with Crippen LogP contribution in [0.15, 0.2) is 48.5 Å². The van der Waals surface area contributed by atoms with Crippen molar-refractivity contribution in [2.75, 3.05) is 6.61 Å². The summed E-state index contributed by atoms with van der Waals surface area (Å²) < 4.78 is 0. The molecule has 6 nitrogen and oxygen atoms in total. The largest absolute Gasteiger partial charge is 0.285 e. The van der Waals surface area contributed by atoms with Gasteiger partial charge >= 0.3 is 0 Å². The molecule has 2 aromatic rings. The first-order valence-corrected chi connectivity index (χ1v) is 8.34. The highest BCUT2D eigenvalue weighted by Gasteiger charge is 2.37. The molecule has 1 N–H and O–H groups in total. The molecular weight excluding hydrogens is 334 g/mol. The van der Waals surface area contributed by atoms with E-state index in [0.717, 1.165) is 5.56 Å². The van der Waals surface area contributed by atoms with Gasteiger partial charge in [-0.2, -0.15) is 0 Å². The highest BCUT2D eigenvalue weighted by atomic mass is 17.1. The molecule has 1 aliphatic rings. The molecule has 136 valence electrons. The SMILES string of the molecule is CC(C)(C)c1ccc(C(CON2C(=O)c3ccccc3C2=O)OO)cc1. The molecule has 6 heteroatoms. The lowest BCUT2D eigenvalue weighted by molar-refractivity contribution is -0.299. The minimum absolute atomic E-state index is 0.00473. The van der Waals surface area contributed by atoms with Crippen molar-refractivity contribution in [1.29, 1.82) is 0 Å². The second-order valence-corrected chi connectivity index (χ2v) is 7.21. The summed E-state index contributed by atoms with van der Waals surface area (Å²) >= 11 is 0. The van der Waals surface area contributed by atoms with Gasteiger partial charge in [0, 0.05) is 0 Å². The van der Waals surface area contributed by atoms with Crippen LogP contribution in [0.1, 0.15) is 58.7 Å². The Kier molecular flexibility index (Phi) is 4.91. The zero-order valence-corrected chi connectivity index (χ0v) is 14.9. The summed E-state index contributed by atoms with van der Waals surface area (Å²) in [6.07, 6.45) is -0.826. The fourth-order valence-corrected chi connectivity index (χ4v) is 2.81. The van der Waals surface area contributed by atoms with Crippen molar-refractivity contribution < 1.29 is 24.6 Å². The molecule has 1 unspecified atom stereocenters. The number of imide groups is 1. The maximum atomic E-state index is 12.3. The summed E-state index contributed by atoms with van der Waals surface area (Å²) in [6, 6.07) is 14.1. The number of carbonyl (C=O) groups excluding carboxylic acids is 2. The standard InChI is InChI=1S/C20H21NO5/c1-20(2,3)14-10-8-13(9-11-14)17(26-24)12-25-21-18(22)15-6-4-5-7-16(15)19(21)23/h4-11,17,24H,12H2,1-3H3. The first-order valence-electron chi connectivity index (χ1n) is 8.34. The number of hydroxylamine groups is 2. The lowest BCUT2D eigenvalue weighted by atomic mass is 9.86. The normalized spacial score (nSPS) is 15.3. The number of nitrogens with zero attached hydrogens (tertiary/aromatic N) is 1. The van der Waals surface area contributed by atoms with Crippen molar-refractivity contribution in [2.24, 2.45) is 0 Å². The van der Waals surface area contributed by atoms with Crippen LogP contribution in [0.5, 0.6) is 0 Å². The van der Waals surface area contributed by atoms with Crippen LogP contribution < -0.4 is 0 Å². The van der Waals surface area contributed by atoms with E-state index in [9.17, 15) is 14.8 Å². The lowest BCUT2D eigenvalue weighted by Gasteiger charge is -2.21. The van der Waals surface area contributed by atoms with Gasteiger partial charge in [0.05, 0.1) is 11.1 Å². The average molecular weight is 355 g/mol. The third-order valence-corrected chi connectivity index (χ3v) is 4.39. The Bertz CT molecular complexity index is 788. The van der Waals surface area contributed by atoms with Gasteiger partial charge < -0.3 is 0 Å². The van der Waals surface area contributed by atoms with E-state index in [0.29, 0.717) is 21.8 Å². The maximum Gasteiger partial charge on any atom is 0.285 e. The number of hydrogen-bond donors (Lipinski definition) is 1. The van der Waals surface area contributed by atoms with Gasteiger partial charge in [0.25, 0.3) is 11.8 Å². The Morgan fingerprint density at radius 3 is 1.96 bits per heavy atom. The molecule has 1 atom stereocenters. The Hall–Kier alpha value is -2.54. The molecule has 0 aromatic heterocycles. The van der Waals surface area contributed by atoms with Crippen LogP contribution >= 0.6 is 0 Å². The first-order chi connectivity index (χ1) is 12.3. The summed E-state index contributed by atoms with van der Waals surface area (Å²) in [6.45, 7) is 6.13. The van der Waals surface area contributed by atoms with Crippen LogP contribution in [0, 0.1) is 0 Å². The van der Waals surface area contributed by atoms with E-state index < -0.39 is 17.9 Å². The molecule has 0 fully saturated rings. The average Bonchev–Trinajstić information content (AvgIpc) is 2.87. The molecule has 1 aliphatic heterocycles.